The zero-order valence-electron chi connectivity index (χ0n) is 13.0. The van der Waals surface area contributed by atoms with E-state index in [0.717, 1.165) is 0 Å². The molecule has 2 aromatic rings. The van der Waals surface area contributed by atoms with Crippen LogP contribution in [0.15, 0.2) is 24.3 Å². The largest absolute Gasteiger partial charge is 0.482 e. The molecule has 116 valence electrons. The Labute approximate surface area is 134 Å². The Balaban J connectivity index is 2.24. The van der Waals surface area contributed by atoms with E-state index in [4.69, 9.17) is 16.3 Å². The molecular weight excluding hydrogens is 302 g/mol. The average Bonchev–Trinajstić information content (AvgIpc) is 2.73. The predicted molar refractivity (Wildman–Crippen MR) is 86.1 cm³/mol. The molecule has 2 rings (SSSR count). The second-order valence-corrected chi connectivity index (χ2v) is 5.70. The Morgan fingerprint density at radius 2 is 1.95 bits per heavy atom. The van der Waals surface area contributed by atoms with E-state index in [-0.39, 0.29) is 11.6 Å². The molecule has 0 saturated carbocycles. The third-order valence-electron chi connectivity index (χ3n) is 3.51. The number of ether oxygens (including phenoxy) is 1. The number of carbonyl (C=O) groups excluding carboxylic acids is 2. The number of rotatable bonds is 5. The van der Waals surface area contributed by atoms with Crippen LogP contribution in [0.5, 0.6) is 5.75 Å². The molecule has 0 aliphatic rings. The predicted octanol–water partition coefficient (Wildman–Crippen LogP) is 4.14. The highest BCUT2D eigenvalue weighted by molar-refractivity contribution is 6.30. The first-order chi connectivity index (χ1) is 10.3. The zero-order chi connectivity index (χ0) is 16.4. The van der Waals surface area contributed by atoms with Crippen LogP contribution in [-0.2, 0) is 0 Å². The molecule has 0 fully saturated rings. The molecule has 1 heterocycles. The van der Waals surface area contributed by atoms with E-state index in [0.29, 0.717) is 33.3 Å². The first kappa shape index (κ1) is 16.3. The highest BCUT2D eigenvalue weighted by atomic mass is 35.5. The van der Waals surface area contributed by atoms with Gasteiger partial charge in [0.25, 0.3) is 0 Å². The van der Waals surface area contributed by atoms with Crippen LogP contribution in [0.3, 0.4) is 0 Å². The number of carbonyl (C=O) groups is 2. The summed E-state index contributed by atoms with van der Waals surface area (Å²) in [5.41, 5.74) is 2.34. The van der Waals surface area contributed by atoms with Crippen molar-refractivity contribution in [2.75, 3.05) is 0 Å². The molecular formula is C17H18ClNO3. The number of aromatic amines is 1. The van der Waals surface area contributed by atoms with E-state index in [1.54, 1.807) is 45.0 Å². The minimum atomic E-state index is -0.685. The van der Waals surface area contributed by atoms with Gasteiger partial charge in [-0.2, -0.15) is 0 Å². The van der Waals surface area contributed by atoms with E-state index in [9.17, 15) is 9.59 Å². The van der Waals surface area contributed by atoms with Gasteiger partial charge in [0, 0.05) is 16.3 Å². The number of H-pyrrole nitrogens is 1. The second-order valence-electron chi connectivity index (χ2n) is 5.26. The summed E-state index contributed by atoms with van der Waals surface area (Å²) < 4.78 is 5.64. The Kier molecular flexibility index (Phi) is 4.71. The van der Waals surface area contributed by atoms with Gasteiger partial charge in [0.05, 0.1) is 5.69 Å². The van der Waals surface area contributed by atoms with Crippen molar-refractivity contribution >= 4 is 23.2 Å². The lowest BCUT2D eigenvalue weighted by Gasteiger charge is -2.13. The minimum Gasteiger partial charge on any atom is -0.482 e. The average molecular weight is 320 g/mol. The normalized spacial score (nSPS) is 12.0. The van der Waals surface area contributed by atoms with Gasteiger partial charge in [-0.3, -0.25) is 9.59 Å². The van der Waals surface area contributed by atoms with Crippen molar-refractivity contribution in [3.05, 3.63) is 51.8 Å². The molecule has 0 aliphatic carbocycles. The molecule has 0 spiro atoms. The van der Waals surface area contributed by atoms with Gasteiger partial charge < -0.3 is 9.72 Å². The number of ketones is 2. The summed E-state index contributed by atoms with van der Waals surface area (Å²) in [6.45, 7) is 6.71. The molecule has 0 bridgehead atoms. The maximum Gasteiger partial charge on any atom is 0.219 e. The Bertz CT molecular complexity index is 734. The Morgan fingerprint density at radius 1 is 1.27 bits per heavy atom. The maximum absolute atomic E-state index is 12.5. The smallest absolute Gasteiger partial charge is 0.219 e. The van der Waals surface area contributed by atoms with Gasteiger partial charge in [-0.25, -0.2) is 0 Å². The van der Waals surface area contributed by atoms with E-state index in [2.05, 4.69) is 4.98 Å². The van der Waals surface area contributed by atoms with Crippen molar-refractivity contribution < 1.29 is 14.3 Å². The van der Waals surface area contributed by atoms with Crippen molar-refractivity contribution in [3.63, 3.8) is 0 Å². The minimum absolute atomic E-state index is 0.0614. The molecule has 22 heavy (non-hydrogen) atoms. The van der Waals surface area contributed by atoms with Crippen LogP contribution < -0.4 is 4.74 Å². The quantitative estimate of drug-likeness (QED) is 0.843. The molecule has 5 heteroatoms. The number of hydrogen-bond acceptors (Lipinski definition) is 3. The van der Waals surface area contributed by atoms with Crippen LogP contribution >= 0.6 is 11.6 Å². The molecule has 0 aliphatic heterocycles. The van der Waals surface area contributed by atoms with Crippen LogP contribution in [0.2, 0.25) is 5.02 Å². The number of hydrogen-bond donors (Lipinski definition) is 1. The van der Waals surface area contributed by atoms with Gasteiger partial charge in [0.2, 0.25) is 5.78 Å². The van der Waals surface area contributed by atoms with Gasteiger partial charge in [-0.15, -0.1) is 0 Å². The van der Waals surface area contributed by atoms with Gasteiger partial charge in [0.1, 0.15) is 5.75 Å². The topological polar surface area (TPSA) is 59.2 Å². The Hall–Kier alpha value is -2.07. The summed E-state index contributed by atoms with van der Waals surface area (Å²) in [5.74, 6) is 0.267. The first-order valence-electron chi connectivity index (χ1n) is 6.97. The number of aryl methyl sites for hydroxylation is 1. The van der Waals surface area contributed by atoms with E-state index in [1.807, 2.05) is 0 Å². The highest BCUT2D eigenvalue weighted by Gasteiger charge is 2.24. The van der Waals surface area contributed by atoms with Crippen LogP contribution in [-0.4, -0.2) is 22.7 Å². The third-order valence-corrected chi connectivity index (χ3v) is 3.75. The lowest BCUT2D eigenvalue weighted by molar-refractivity contribution is 0.0812. The fraction of sp³-hybridized carbons (Fsp3) is 0.294. The van der Waals surface area contributed by atoms with E-state index in [1.165, 1.54) is 6.92 Å². The Morgan fingerprint density at radius 3 is 2.50 bits per heavy atom. The fourth-order valence-electron chi connectivity index (χ4n) is 2.53. The molecule has 0 unspecified atom stereocenters. The standard InChI is InChI=1S/C17H18ClNO3/c1-9-15(11(3)20)10(2)19-16(9)17(21)12(4)22-14-7-5-6-13(18)8-14/h5-8,12,19H,1-4H3/t12-/m0/s1. The van der Waals surface area contributed by atoms with Gasteiger partial charge >= 0.3 is 0 Å². The molecule has 1 N–H and O–H groups in total. The summed E-state index contributed by atoms with van der Waals surface area (Å²) in [5, 5.41) is 0.544. The molecule has 0 radical (unpaired) electrons. The van der Waals surface area contributed by atoms with Gasteiger partial charge in [-0.05, 0) is 51.5 Å². The van der Waals surface area contributed by atoms with Crippen LogP contribution in [0, 0.1) is 13.8 Å². The number of nitrogens with one attached hydrogen (secondary N) is 1. The van der Waals surface area contributed by atoms with Crippen molar-refractivity contribution in [1.82, 2.24) is 4.98 Å². The van der Waals surface area contributed by atoms with Crippen LogP contribution in [0.4, 0.5) is 0 Å². The van der Waals surface area contributed by atoms with Crippen molar-refractivity contribution in [2.24, 2.45) is 0 Å². The van der Waals surface area contributed by atoms with E-state index >= 15 is 0 Å². The molecule has 1 atom stereocenters. The summed E-state index contributed by atoms with van der Waals surface area (Å²) in [4.78, 5) is 27.2. The first-order valence-corrected chi connectivity index (χ1v) is 7.35. The number of Topliss-reactive ketones (excluding diaryl/α,β-unsaturated/α-hetero) is 2. The molecule has 1 aromatic carbocycles. The summed E-state index contributed by atoms with van der Waals surface area (Å²) >= 11 is 5.90. The van der Waals surface area contributed by atoms with E-state index < -0.39 is 6.10 Å². The summed E-state index contributed by atoms with van der Waals surface area (Å²) in [7, 11) is 0. The number of aromatic nitrogens is 1. The lowest BCUT2D eigenvalue weighted by atomic mass is 10.0. The highest BCUT2D eigenvalue weighted by Crippen LogP contribution is 2.22. The van der Waals surface area contributed by atoms with Crippen LogP contribution in [0.25, 0.3) is 0 Å². The third kappa shape index (κ3) is 3.22. The van der Waals surface area contributed by atoms with Crippen molar-refractivity contribution in [1.29, 1.82) is 0 Å². The van der Waals surface area contributed by atoms with Gasteiger partial charge in [-0.1, -0.05) is 17.7 Å². The molecule has 0 saturated heterocycles. The monoisotopic (exact) mass is 319 g/mol. The van der Waals surface area contributed by atoms with Crippen molar-refractivity contribution in [3.8, 4) is 5.75 Å². The SMILES string of the molecule is CC(=O)c1c(C)[nH]c(C(=O)[C@H](C)Oc2cccc(Cl)c2)c1C. The molecule has 4 nitrogen and oxygen atoms in total. The maximum atomic E-state index is 12.5. The lowest BCUT2D eigenvalue weighted by Crippen LogP contribution is -2.25. The zero-order valence-corrected chi connectivity index (χ0v) is 13.7. The van der Waals surface area contributed by atoms with Gasteiger partial charge in [0.15, 0.2) is 11.9 Å². The molecule has 1 aromatic heterocycles. The summed E-state index contributed by atoms with van der Waals surface area (Å²) in [6.07, 6.45) is -0.685. The number of benzene rings is 1. The molecule has 0 amide bonds. The summed E-state index contributed by atoms with van der Waals surface area (Å²) in [6, 6.07) is 6.88. The van der Waals surface area contributed by atoms with Crippen molar-refractivity contribution in [2.45, 2.75) is 33.8 Å². The second kappa shape index (κ2) is 6.36. The van der Waals surface area contributed by atoms with Crippen LogP contribution in [0.1, 0.15) is 46.0 Å². The number of halogens is 1. The fourth-order valence-corrected chi connectivity index (χ4v) is 2.71.